The minimum atomic E-state index is -4.95. The van der Waals surface area contributed by atoms with Gasteiger partial charge in [0.15, 0.2) is 0 Å². The van der Waals surface area contributed by atoms with Crippen LogP contribution in [0.15, 0.2) is 72.8 Å². The monoisotopic (exact) mass is 1220 g/mol. The summed E-state index contributed by atoms with van der Waals surface area (Å²) in [4.78, 5) is 109. The van der Waals surface area contributed by atoms with Crippen LogP contribution in [0.1, 0.15) is 138 Å². The first-order chi connectivity index (χ1) is 41.1. The molecule has 4 amide bonds. The minimum absolute atomic E-state index is 0.120. The number of amides is 4. The highest BCUT2D eigenvalue weighted by Crippen LogP contribution is 2.50. The Hall–Kier alpha value is -6.48. The summed E-state index contributed by atoms with van der Waals surface area (Å²) in [7, 11) is -7.39. The predicted molar refractivity (Wildman–Crippen MR) is 320 cm³/mol. The van der Waals surface area contributed by atoms with Crippen LogP contribution >= 0.6 is 15.6 Å². The number of carbonyl (C=O) groups excluding carboxylic acids is 4. The number of hydrogen-bond acceptors (Lipinski definition) is 12. The third-order valence-corrected chi connectivity index (χ3v) is 19.6. The van der Waals surface area contributed by atoms with Crippen molar-refractivity contribution in [2.24, 2.45) is 23.7 Å². The number of phosphoric ester groups is 2. The summed E-state index contributed by atoms with van der Waals surface area (Å²) in [5.74, 6) is 0.136. The predicted octanol–water partition coefficient (Wildman–Crippen LogP) is 10.2. The second-order valence-corrected chi connectivity index (χ2v) is 27.1. The largest absolute Gasteiger partial charge is 0.471 e. The number of carbonyl (C=O) groups is 4. The number of aryl methyl sites for hydroxylation is 4. The van der Waals surface area contributed by atoms with E-state index in [0.717, 1.165) is 95.9 Å². The average Bonchev–Trinajstić information content (AvgIpc) is 2.25. The molecule has 4 aromatic carbocycles. The van der Waals surface area contributed by atoms with Crippen LogP contribution in [0.2, 0.25) is 0 Å². The number of ether oxygens (including phenoxy) is 2. The second kappa shape index (κ2) is 25.0. The van der Waals surface area contributed by atoms with Crippen molar-refractivity contribution >= 4 is 61.7 Å². The van der Waals surface area contributed by atoms with Gasteiger partial charge in [-0.15, -0.1) is 0 Å². The molecule has 4 bridgehead atoms. The van der Waals surface area contributed by atoms with Gasteiger partial charge < -0.3 is 58.6 Å². The molecule has 6 aromatic rings. The maximum absolute atomic E-state index is 14.8. The van der Waals surface area contributed by atoms with Crippen molar-refractivity contribution in [1.82, 2.24) is 39.5 Å². The summed E-state index contributed by atoms with van der Waals surface area (Å²) in [6, 6.07) is 21.8. The minimum Gasteiger partial charge on any atom is -0.453 e. The fourth-order valence-electron chi connectivity index (χ4n) is 14.5. The van der Waals surface area contributed by atoms with E-state index in [0.29, 0.717) is 72.2 Å². The number of benzene rings is 4. The van der Waals surface area contributed by atoms with Crippen LogP contribution in [0.4, 0.5) is 9.59 Å². The zero-order chi connectivity index (χ0) is 60.9. The van der Waals surface area contributed by atoms with Crippen LogP contribution in [-0.2, 0) is 76.4 Å². The lowest BCUT2D eigenvalue weighted by molar-refractivity contribution is -0.139. The van der Waals surface area contributed by atoms with Gasteiger partial charge in [-0.2, -0.15) is 0 Å². The van der Waals surface area contributed by atoms with Crippen molar-refractivity contribution in [3.8, 4) is 22.3 Å². The Labute approximate surface area is 499 Å². The molecule has 8 aliphatic rings. The summed E-state index contributed by atoms with van der Waals surface area (Å²) in [6.45, 7) is 6.44. The quantitative estimate of drug-likeness (QED) is 0.0491. The molecule has 86 heavy (non-hydrogen) atoms. The van der Waals surface area contributed by atoms with E-state index in [2.05, 4.69) is 47.0 Å². The van der Waals surface area contributed by atoms with Crippen LogP contribution < -0.4 is 10.6 Å². The summed E-state index contributed by atoms with van der Waals surface area (Å²) in [6.07, 6.45) is 9.74. The van der Waals surface area contributed by atoms with E-state index in [1.807, 2.05) is 73.9 Å². The number of rotatable bonds is 16. The Morgan fingerprint density at radius 3 is 1.33 bits per heavy atom. The maximum atomic E-state index is 14.8. The molecule has 6 aliphatic carbocycles. The standard InChI is InChI=1S/C62H78N8O14P2/c1-35(2)55(65-61(73)81-5)59(71)69-49-13-9-7-11-43(49)31-53(69)57-63-47-29-41(23-25-51(47)67(57)33-83-85(75,76)77)45-27-37-15-19-39(45)21-17-38-16-20-40(22-18-37)46(28-38)42-24-26-52-48(30-42)64-58(68(52)34-84-86(78,79)80)54-32-44-12-8-10-14-50(44)70(54)60(72)56(36(3)4)66-62(74)82-6/h15-16,19-20,23-30,35-36,43-44,49-50,53-56H,7-14,17-18,21-22,31-34H2,1-6H3,(H,65,73)(H,66,74)(H2,75,76,77)(H2,78,79,80)/t43-,44-,49-,50-,53-,54-,55-,56-/m0/s1. The molecule has 460 valence electrons. The van der Waals surface area contributed by atoms with Gasteiger partial charge in [-0.05, 0) is 157 Å². The fraction of sp³-hybridized carbons (Fsp3) is 0.516. The molecule has 4 heterocycles. The molecule has 14 rings (SSSR count). The number of fused-ring (bicyclic) bond motifs is 4. The zero-order valence-corrected chi connectivity index (χ0v) is 51.3. The lowest BCUT2D eigenvalue weighted by Gasteiger charge is -2.37. The van der Waals surface area contributed by atoms with E-state index < -0.39 is 65.5 Å². The molecule has 8 atom stereocenters. The molecular weight excluding hydrogens is 1140 g/mol. The Balaban J connectivity index is 0.918. The zero-order valence-electron chi connectivity index (χ0n) is 49.5. The van der Waals surface area contributed by atoms with E-state index in [1.54, 1.807) is 9.13 Å². The van der Waals surface area contributed by atoms with Crippen LogP contribution in [-0.4, -0.2) is 111 Å². The molecule has 0 spiro atoms. The van der Waals surface area contributed by atoms with Crippen LogP contribution in [0.3, 0.4) is 0 Å². The Bertz CT molecular complexity index is 3430. The number of nitrogens with one attached hydrogen (secondary N) is 2. The highest BCUT2D eigenvalue weighted by atomic mass is 31.2. The van der Waals surface area contributed by atoms with Crippen LogP contribution in [0.25, 0.3) is 44.3 Å². The van der Waals surface area contributed by atoms with E-state index in [9.17, 15) is 47.9 Å². The smallest absolute Gasteiger partial charge is 0.453 e. The highest BCUT2D eigenvalue weighted by molar-refractivity contribution is 7.46. The fourth-order valence-corrected chi connectivity index (χ4v) is 15.0. The number of nitrogens with zero attached hydrogens (tertiary/aromatic N) is 6. The number of alkyl carbamates (subject to hydrolysis) is 2. The lowest BCUT2D eigenvalue weighted by Crippen LogP contribution is -2.54. The molecule has 4 fully saturated rings. The molecule has 2 saturated heterocycles. The Morgan fingerprint density at radius 1 is 0.558 bits per heavy atom. The summed E-state index contributed by atoms with van der Waals surface area (Å²) >= 11 is 0. The molecule has 22 nitrogen and oxygen atoms in total. The average molecular weight is 1220 g/mol. The third-order valence-electron chi connectivity index (χ3n) is 18.7. The molecule has 2 aliphatic heterocycles. The third kappa shape index (κ3) is 12.6. The summed E-state index contributed by atoms with van der Waals surface area (Å²) in [5.41, 5.74) is 10.6. The number of hydrogen-bond donors (Lipinski definition) is 6. The first-order valence-electron chi connectivity index (χ1n) is 30.1. The van der Waals surface area contributed by atoms with Gasteiger partial charge in [0.1, 0.15) is 37.2 Å². The summed E-state index contributed by atoms with van der Waals surface area (Å²) in [5, 5.41) is 5.52. The number of imidazole rings is 2. The van der Waals surface area contributed by atoms with Crippen LogP contribution in [0, 0.1) is 23.7 Å². The number of likely N-dealkylation sites (tertiary alicyclic amines) is 2. The Morgan fingerprint density at radius 2 is 0.953 bits per heavy atom. The van der Waals surface area contributed by atoms with Gasteiger partial charge in [-0.1, -0.05) is 102 Å². The van der Waals surface area contributed by atoms with Crippen molar-refractivity contribution in [3.05, 3.63) is 107 Å². The van der Waals surface area contributed by atoms with Gasteiger partial charge in [0.05, 0.1) is 48.4 Å². The van der Waals surface area contributed by atoms with E-state index in [-0.39, 0.29) is 47.6 Å². The van der Waals surface area contributed by atoms with Crippen molar-refractivity contribution in [1.29, 1.82) is 0 Å². The maximum Gasteiger partial charge on any atom is 0.471 e. The van der Waals surface area contributed by atoms with Crippen molar-refractivity contribution in [2.45, 2.75) is 167 Å². The number of phosphoric acid groups is 2. The molecule has 2 aromatic heterocycles. The lowest BCUT2D eigenvalue weighted by atomic mass is 9.84. The first kappa shape index (κ1) is 61.2. The van der Waals surface area contributed by atoms with Crippen LogP contribution in [0.5, 0.6) is 0 Å². The number of aromatic nitrogens is 4. The van der Waals surface area contributed by atoms with Gasteiger partial charge in [0, 0.05) is 12.1 Å². The molecule has 2 saturated carbocycles. The van der Waals surface area contributed by atoms with E-state index in [4.69, 9.17) is 28.5 Å². The van der Waals surface area contributed by atoms with Gasteiger partial charge in [0.25, 0.3) is 0 Å². The topological polar surface area (TPSA) is 286 Å². The second-order valence-electron chi connectivity index (χ2n) is 24.6. The van der Waals surface area contributed by atoms with Crippen molar-refractivity contribution in [2.75, 3.05) is 14.2 Å². The van der Waals surface area contributed by atoms with Gasteiger partial charge in [-0.25, -0.2) is 28.7 Å². The van der Waals surface area contributed by atoms with Gasteiger partial charge >= 0.3 is 27.8 Å². The van der Waals surface area contributed by atoms with Gasteiger partial charge in [-0.3, -0.25) is 18.6 Å². The van der Waals surface area contributed by atoms with Crippen molar-refractivity contribution < 1.29 is 66.4 Å². The molecule has 0 radical (unpaired) electrons. The number of methoxy groups -OCH3 is 2. The van der Waals surface area contributed by atoms with Crippen molar-refractivity contribution in [3.63, 3.8) is 0 Å². The van der Waals surface area contributed by atoms with E-state index in [1.165, 1.54) is 14.2 Å². The molecular formula is C62H78N8O14P2. The normalized spacial score (nSPS) is 22.2. The first-order valence-corrected chi connectivity index (χ1v) is 33.1. The summed E-state index contributed by atoms with van der Waals surface area (Å²) < 4.78 is 48.2. The van der Waals surface area contributed by atoms with Gasteiger partial charge in [0.2, 0.25) is 11.8 Å². The molecule has 0 unspecified atom stereocenters. The highest BCUT2D eigenvalue weighted by Gasteiger charge is 2.51. The molecule has 6 N–H and O–H groups in total. The Kier molecular flexibility index (Phi) is 17.7. The SMILES string of the molecule is COC(=O)N[C@H](C(=O)N1[C@H](c2nc3cc(-c4cc5ccc4CCc4ccc(c(-c6ccc7c(c6)nc([C@@H]6C[C@@H]8CCCC[C@@H]8N6C(=O)[C@@H](NC(=O)OC)C(C)C)n7COP(=O)(O)O)c4)CC5)ccc3n2COP(=O)(O)O)C[C@@H]2CCCC[C@@H]21)C(C)C. The van der Waals surface area contributed by atoms with E-state index >= 15 is 0 Å². The molecule has 24 heteroatoms.